The molecule has 2 N–H and O–H groups in total. The second kappa shape index (κ2) is 6.17. The lowest BCUT2D eigenvalue weighted by Gasteiger charge is -2.17. The number of rotatable bonds is 4. The summed E-state index contributed by atoms with van der Waals surface area (Å²) >= 11 is 3.13. The second-order valence-electron chi connectivity index (χ2n) is 4.12. The first-order chi connectivity index (χ1) is 9.13. The van der Waals surface area contributed by atoms with Gasteiger partial charge in [-0.3, -0.25) is 0 Å². The molecule has 0 spiro atoms. The van der Waals surface area contributed by atoms with E-state index in [1.54, 1.807) is 12.1 Å². The largest absolute Gasteiger partial charge is 0.494 e. The van der Waals surface area contributed by atoms with Crippen LogP contribution in [0.3, 0.4) is 0 Å². The van der Waals surface area contributed by atoms with Crippen LogP contribution in [0.4, 0.5) is 4.39 Å². The van der Waals surface area contributed by atoms with Gasteiger partial charge in [0, 0.05) is 5.56 Å². The zero-order chi connectivity index (χ0) is 13.8. The van der Waals surface area contributed by atoms with Crippen LogP contribution in [0.2, 0.25) is 0 Å². The number of benzene rings is 2. The lowest BCUT2D eigenvalue weighted by atomic mass is 9.99. The molecule has 0 saturated carbocycles. The van der Waals surface area contributed by atoms with Crippen LogP contribution in [0.5, 0.6) is 5.75 Å². The van der Waals surface area contributed by atoms with Gasteiger partial charge in [0.2, 0.25) is 0 Å². The lowest BCUT2D eigenvalue weighted by Crippen LogP contribution is -2.13. The standard InChI is InChI=1S/C15H15BrFNO/c1-2-19-14-6-4-3-5-11(14)15(18)10-7-8-12(16)13(17)9-10/h3-9,15H,2,18H2,1H3. The number of hydrogen-bond donors (Lipinski definition) is 1. The highest BCUT2D eigenvalue weighted by atomic mass is 79.9. The summed E-state index contributed by atoms with van der Waals surface area (Å²) in [6, 6.07) is 12.1. The molecule has 0 aliphatic heterocycles. The summed E-state index contributed by atoms with van der Waals surface area (Å²) in [4.78, 5) is 0. The Bertz CT molecular complexity index is 574. The molecule has 2 aromatic carbocycles. The monoisotopic (exact) mass is 323 g/mol. The third-order valence-corrected chi connectivity index (χ3v) is 3.50. The van der Waals surface area contributed by atoms with E-state index in [1.807, 2.05) is 31.2 Å². The van der Waals surface area contributed by atoms with Gasteiger partial charge in [0.15, 0.2) is 0 Å². The van der Waals surface area contributed by atoms with Crippen molar-refractivity contribution in [3.8, 4) is 5.75 Å². The van der Waals surface area contributed by atoms with Crippen molar-refractivity contribution in [2.45, 2.75) is 13.0 Å². The Morgan fingerprint density at radius 1 is 1.26 bits per heavy atom. The van der Waals surface area contributed by atoms with Gasteiger partial charge in [-0.15, -0.1) is 0 Å². The number of hydrogen-bond acceptors (Lipinski definition) is 2. The van der Waals surface area contributed by atoms with Gasteiger partial charge in [-0.05, 0) is 46.6 Å². The minimum Gasteiger partial charge on any atom is -0.494 e. The first-order valence-corrected chi connectivity index (χ1v) is 6.85. The van der Waals surface area contributed by atoms with Crippen molar-refractivity contribution in [3.05, 3.63) is 63.9 Å². The Balaban J connectivity index is 2.37. The van der Waals surface area contributed by atoms with Crippen molar-refractivity contribution in [2.24, 2.45) is 5.73 Å². The maximum atomic E-state index is 13.6. The predicted octanol–water partition coefficient (Wildman–Crippen LogP) is 4.04. The summed E-state index contributed by atoms with van der Waals surface area (Å²) in [6.45, 7) is 2.49. The van der Waals surface area contributed by atoms with E-state index in [4.69, 9.17) is 10.5 Å². The van der Waals surface area contributed by atoms with E-state index >= 15 is 0 Å². The van der Waals surface area contributed by atoms with Crippen molar-refractivity contribution in [1.82, 2.24) is 0 Å². The van der Waals surface area contributed by atoms with Gasteiger partial charge in [0.05, 0.1) is 17.1 Å². The molecule has 0 aliphatic rings. The Labute approximate surface area is 120 Å². The second-order valence-corrected chi connectivity index (χ2v) is 4.98. The first-order valence-electron chi connectivity index (χ1n) is 6.05. The van der Waals surface area contributed by atoms with E-state index in [0.29, 0.717) is 16.6 Å². The number of halogens is 2. The minimum absolute atomic E-state index is 0.318. The van der Waals surface area contributed by atoms with Gasteiger partial charge in [-0.25, -0.2) is 4.39 Å². The summed E-state index contributed by atoms with van der Waals surface area (Å²) in [5.74, 6) is 0.419. The Morgan fingerprint density at radius 3 is 2.68 bits per heavy atom. The molecule has 0 aliphatic carbocycles. The van der Waals surface area contributed by atoms with Crippen molar-refractivity contribution in [3.63, 3.8) is 0 Å². The van der Waals surface area contributed by atoms with Crippen molar-refractivity contribution >= 4 is 15.9 Å². The van der Waals surface area contributed by atoms with Crippen LogP contribution < -0.4 is 10.5 Å². The maximum absolute atomic E-state index is 13.6. The van der Waals surface area contributed by atoms with E-state index in [0.717, 1.165) is 11.3 Å². The molecule has 0 radical (unpaired) electrons. The number of para-hydroxylation sites is 1. The van der Waals surface area contributed by atoms with Crippen LogP contribution in [0.25, 0.3) is 0 Å². The van der Waals surface area contributed by atoms with E-state index < -0.39 is 6.04 Å². The van der Waals surface area contributed by atoms with Crippen molar-refractivity contribution in [1.29, 1.82) is 0 Å². The van der Waals surface area contributed by atoms with Gasteiger partial charge < -0.3 is 10.5 Å². The summed E-state index contributed by atoms with van der Waals surface area (Å²) in [7, 11) is 0. The Hall–Kier alpha value is -1.39. The van der Waals surface area contributed by atoms with Gasteiger partial charge in [0.25, 0.3) is 0 Å². The van der Waals surface area contributed by atoms with Crippen molar-refractivity contribution < 1.29 is 9.13 Å². The fraction of sp³-hybridized carbons (Fsp3) is 0.200. The van der Waals surface area contributed by atoms with Crippen LogP contribution in [-0.4, -0.2) is 6.61 Å². The third-order valence-electron chi connectivity index (χ3n) is 2.86. The molecular weight excluding hydrogens is 309 g/mol. The summed E-state index contributed by atoms with van der Waals surface area (Å²) in [5, 5.41) is 0. The molecule has 100 valence electrons. The zero-order valence-electron chi connectivity index (χ0n) is 10.6. The molecule has 4 heteroatoms. The first kappa shape index (κ1) is 14.0. The van der Waals surface area contributed by atoms with Crippen molar-refractivity contribution in [2.75, 3.05) is 6.61 Å². The zero-order valence-corrected chi connectivity index (χ0v) is 12.2. The topological polar surface area (TPSA) is 35.2 Å². The predicted molar refractivity (Wildman–Crippen MR) is 77.7 cm³/mol. The molecule has 1 unspecified atom stereocenters. The Morgan fingerprint density at radius 2 is 2.00 bits per heavy atom. The van der Waals surface area contributed by atoms with Gasteiger partial charge in [0.1, 0.15) is 11.6 Å². The van der Waals surface area contributed by atoms with Crippen LogP contribution in [-0.2, 0) is 0 Å². The molecule has 0 heterocycles. The van der Waals surface area contributed by atoms with Crippen LogP contribution in [0.1, 0.15) is 24.1 Å². The Kier molecular flexibility index (Phi) is 4.56. The highest BCUT2D eigenvalue weighted by Crippen LogP contribution is 2.29. The number of nitrogens with two attached hydrogens (primary N) is 1. The van der Waals surface area contributed by atoms with E-state index in [2.05, 4.69) is 15.9 Å². The molecule has 0 bridgehead atoms. The molecule has 0 amide bonds. The SMILES string of the molecule is CCOc1ccccc1C(N)c1ccc(Br)c(F)c1. The van der Waals surface area contributed by atoms with Crippen LogP contribution in [0, 0.1) is 5.82 Å². The third kappa shape index (κ3) is 3.14. The molecule has 2 nitrogen and oxygen atoms in total. The normalized spacial score (nSPS) is 12.2. The van der Waals surface area contributed by atoms with Crippen LogP contribution >= 0.6 is 15.9 Å². The molecule has 2 rings (SSSR count). The van der Waals surface area contributed by atoms with E-state index in [1.165, 1.54) is 6.07 Å². The van der Waals surface area contributed by atoms with Gasteiger partial charge in [-0.2, -0.15) is 0 Å². The number of ether oxygens (including phenoxy) is 1. The minimum atomic E-state index is -0.412. The fourth-order valence-electron chi connectivity index (χ4n) is 1.91. The lowest BCUT2D eigenvalue weighted by molar-refractivity contribution is 0.335. The molecule has 1 atom stereocenters. The maximum Gasteiger partial charge on any atom is 0.137 e. The van der Waals surface area contributed by atoms with Crippen LogP contribution in [0.15, 0.2) is 46.9 Å². The highest BCUT2D eigenvalue weighted by Gasteiger charge is 2.15. The summed E-state index contributed by atoms with van der Waals surface area (Å²) in [6.07, 6.45) is 0. The fourth-order valence-corrected chi connectivity index (χ4v) is 2.16. The average molecular weight is 324 g/mol. The smallest absolute Gasteiger partial charge is 0.137 e. The molecule has 2 aromatic rings. The quantitative estimate of drug-likeness (QED) is 0.921. The molecule has 0 fully saturated rings. The summed E-state index contributed by atoms with van der Waals surface area (Å²) < 4.78 is 19.6. The average Bonchev–Trinajstić information content (AvgIpc) is 2.42. The molecule has 0 saturated heterocycles. The molecule has 0 aromatic heterocycles. The van der Waals surface area contributed by atoms with Gasteiger partial charge in [-0.1, -0.05) is 24.3 Å². The van der Waals surface area contributed by atoms with Gasteiger partial charge >= 0.3 is 0 Å². The van der Waals surface area contributed by atoms with E-state index in [9.17, 15) is 4.39 Å². The molecular formula is C15H15BrFNO. The molecule has 19 heavy (non-hydrogen) atoms. The van der Waals surface area contributed by atoms with E-state index in [-0.39, 0.29) is 5.82 Å². The highest BCUT2D eigenvalue weighted by molar-refractivity contribution is 9.10. The summed E-state index contributed by atoms with van der Waals surface area (Å²) in [5.41, 5.74) is 7.77.